The van der Waals surface area contributed by atoms with Gasteiger partial charge in [0.05, 0.1) is 27.8 Å². The molecule has 0 saturated carbocycles. The zero-order valence-electron chi connectivity index (χ0n) is 16.2. The van der Waals surface area contributed by atoms with E-state index in [1.807, 2.05) is 12.1 Å². The third-order valence-electron chi connectivity index (χ3n) is 3.99. The SMILES string of the molecule is COc1cc(C(=O)Nc2ccc(CC(=O)N(C)C)cc2)cc(OC)c1OC. The molecular formula is C20H24N2O5. The van der Waals surface area contributed by atoms with Crippen LogP contribution in [0.4, 0.5) is 5.69 Å². The maximum atomic E-state index is 12.6. The van der Waals surface area contributed by atoms with Crippen LogP contribution in [0.15, 0.2) is 36.4 Å². The topological polar surface area (TPSA) is 77.1 Å². The van der Waals surface area contributed by atoms with Crippen molar-refractivity contribution in [1.82, 2.24) is 4.90 Å². The van der Waals surface area contributed by atoms with Crippen molar-refractivity contribution in [2.75, 3.05) is 40.7 Å². The zero-order chi connectivity index (χ0) is 20.0. The van der Waals surface area contributed by atoms with Gasteiger partial charge < -0.3 is 24.4 Å². The highest BCUT2D eigenvalue weighted by molar-refractivity contribution is 6.05. The Morgan fingerprint density at radius 3 is 1.93 bits per heavy atom. The van der Waals surface area contributed by atoms with E-state index in [0.29, 0.717) is 34.9 Å². The van der Waals surface area contributed by atoms with Gasteiger partial charge in [-0.25, -0.2) is 0 Å². The van der Waals surface area contributed by atoms with E-state index in [1.54, 1.807) is 43.3 Å². The molecule has 0 atom stereocenters. The molecule has 144 valence electrons. The first-order chi connectivity index (χ1) is 12.9. The Morgan fingerprint density at radius 2 is 1.48 bits per heavy atom. The van der Waals surface area contributed by atoms with Crippen LogP contribution >= 0.6 is 0 Å². The number of nitrogens with zero attached hydrogens (tertiary/aromatic N) is 1. The molecule has 1 N–H and O–H groups in total. The van der Waals surface area contributed by atoms with Gasteiger partial charge in [0.2, 0.25) is 11.7 Å². The van der Waals surface area contributed by atoms with Crippen molar-refractivity contribution in [3.8, 4) is 17.2 Å². The quantitative estimate of drug-likeness (QED) is 0.808. The molecule has 7 heteroatoms. The summed E-state index contributed by atoms with van der Waals surface area (Å²) in [5.41, 5.74) is 1.87. The number of methoxy groups -OCH3 is 3. The average Bonchev–Trinajstić information content (AvgIpc) is 2.67. The van der Waals surface area contributed by atoms with Crippen molar-refractivity contribution in [3.05, 3.63) is 47.5 Å². The number of carbonyl (C=O) groups is 2. The second kappa shape index (κ2) is 8.93. The highest BCUT2D eigenvalue weighted by Gasteiger charge is 2.17. The molecule has 0 radical (unpaired) electrons. The number of rotatable bonds is 7. The minimum absolute atomic E-state index is 0.0178. The Balaban J connectivity index is 2.16. The Bertz CT molecular complexity index is 791. The van der Waals surface area contributed by atoms with Crippen LogP contribution in [0, 0.1) is 0 Å². The molecule has 0 saturated heterocycles. The van der Waals surface area contributed by atoms with E-state index in [9.17, 15) is 9.59 Å². The van der Waals surface area contributed by atoms with Crippen LogP contribution in [-0.2, 0) is 11.2 Å². The molecule has 2 aromatic rings. The lowest BCUT2D eigenvalue weighted by atomic mass is 10.1. The summed E-state index contributed by atoms with van der Waals surface area (Å²) in [6.07, 6.45) is 0.314. The molecule has 27 heavy (non-hydrogen) atoms. The van der Waals surface area contributed by atoms with E-state index in [0.717, 1.165) is 5.56 Å². The van der Waals surface area contributed by atoms with Gasteiger partial charge in [0.1, 0.15) is 0 Å². The first-order valence-corrected chi connectivity index (χ1v) is 8.30. The first-order valence-electron chi connectivity index (χ1n) is 8.30. The largest absolute Gasteiger partial charge is 0.493 e. The predicted octanol–water partition coefficient (Wildman–Crippen LogP) is 2.60. The lowest BCUT2D eigenvalue weighted by molar-refractivity contribution is -0.127. The van der Waals surface area contributed by atoms with Crippen molar-refractivity contribution >= 4 is 17.5 Å². The molecule has 2 aromatic carbocycles. The van der Waals surface area contributed by atoms with Crippen LogP contribution in [-0.4, -0.2) is 52.1 Å². The molecule has 0 aromatic heterocycles. The van der Waals surface area contributed by atoms with Crippen LogP contribution < -0.4 is 19.5 Å². The van der Waals surface area contributed by atoms with Crippen molar-refractivity contribution < 1.29 is 23.8 Å². The van der Waals surface area contributed by atoms with E-state index in [4.69, 9.17) is 14.2 Å². The minimum Gasteiger partial charge on any atom is -0.493 e. The van der Waals surface area contributed by atoms with Crippen molar-refractivity contribution in [1.29, 1.82) is 0 Å². The fourth-order valence-corrected chi connectivity index (χ4v) is 2.45. The number of nitrogens with one attached hydrogen (secondary N) is 1. The molecule has 0 spiro atoms. The van der Waals surface area contributed by atoms with E-state index in [1.165, 1.54) is 21.3 Å². The molecule has 2 rings (SSSR count). The number of hydrogen-bond donors (Lipinski definition) is 1. The summed E-state index contributed by atoms with van der Waals surface area (Å²) >= 11 is 0. The van der Waals surface area contributed by atoms with Crippen LogP contribution in [0.25, 0.3) is 0 Å². The first kappa shape index (κ1) is 20.1. The van der Waals surface area contributed by atoms with Gasteiger partial charge in [-0.2, -0.15) is 0 Å². The summed E-state index contributed by atoms with van der Waals surface area (Å²) in [5.74, 6) is 0.932. The van der Waals surface area contributed by atoms with E-state index in [-0.39, 0.29) is 11.8 Å². The van der Waals surface area contributed by atoms with Crippen molar-refractivity contribution in [2.45, 2.75) is 6.42 Å². The molecule has 7 nitrogen and oxygen atoms in total. The van der Waals surface area contributed by atoms with Crippen LogP contribution in [0.2, 0.25) is 0 Å². The van der Waals surface area contributed by atoms with Gasteiger partial charge in [0.15, 0.2) is 11.5 Å². The number of carbonyl (C=O) groups excluding carboxylic acids is 2. The summed E-state index contributed by atoms with van der Waals surface area (Å²) in [6, 6.07) is 10.3. The molecular weight excluding hydrogens is 348 g/mol. The molecule has 0 bridgehead atoms. The highest BCUT2D eigenvalue weighted by atomic mass is 16.5. The number of ether oxygens (including phenoxy) is 3. The predicted molar refractivity (Wildman–Crippen MR) is 103 cm³/mol. The fraction of sp³-hybridized carbons (Fsp3) is 0.300. The number of likely N-dealkylation sites (N-methyl/N-ethyl adjacent to an activating group) is 1. The summed E-state index contributed by atoms with van der Waals surface area (Å²) in [7, 11) is 7.92. The van der Waals surface area contributed by atoms with Gasteiger partial charge in [-0.05, 0) is 29.8 Å². The van der Waals surface area contributed by atoms with E-state index >= 15 is 0 Å². The summed E-state index contributed by atoms with van der Waals surface area (Å²) in [5, 5.41) is 2.82. The number of benzene rings is 2. The summed E-state index contributed by atoms with van der Waals surface area (Å²) in [4.78, 5) is 25.9. The maximum Gasteiger partial charge on any atom is 0.255 e. The summed E-state index contributed by atoms with van der Waals surface area (Å²) in [6.45, 7) is 0. The molecule has 0 aliphatic rings. The lowest BCUT2D eigenvalue weighted by Crippen LogP contribution is -2.23. The van der Waals surface area contributed by atoms with Gasteiger partial charge in [-0.1, -0.05) is 12.1 Å². The van der Waals surface area contributed by atoms with Crippen LogP contribution in [0.3, 0.4) is 0 Å². The van der Waals surface area contributed by atoms with E-state index < -0.39 is 0 Å². The Morgan fingerprint density at radius 1 is 0.926 bits per heavy atom. The zero-order valence-corrected chi connectivity index (χ0v) is 16.2. The van der Waals surface area contributed by atoms with Crippen LogP contribution in [0.5, 0.6) is 17.2 Å². The number of anilines is 1. The standard InChI is InChI=1S/C20H24N2O5/c1-22(2)18(23)10-13-6-8-15(9-7-13)21-20(24)14-11-16(25-3)19(27-5)17(12-14)26-4/h6-9,11-12H,10H2,1-5H3,(H,21,24). The second-order valence-corrected chi connectivity index (χ2v) is 6.03. The number of amides is 2. The third-order valence-corrected chi connectivity index (χ3v) is 3.99. The van der Waals surface area contributed by atoms with Crippen molar-refractivity contribution in [3.63, 3.8) is 0 Å². The lowest BCUT2D eigenvalue weighted by Gasteiger charge is -2.14. The monoisotopic (exact) mass is 372 g/mol. The average molecular weight is 372 g/mol. The van der Waals surface area contributed by atoms with E-state index in [2.05, 4.69) is 5.32 Å². The van der Waals surface area contributed by atoms with Gasteiger partial charge in [0.25, 0.3) is 5.91 Å². The van der Waals surface area contributed by atoms with Gasteiger partial charge >= 0.3 is 0 Å². The number of hydrogen-bond acceptors (Lipinski definition) is 5. The molecule has 2 amide bonds. The molecule has 0 aliphatic heterocycles. The molecule has 0 aliphatic carbocycles. The maximum absolute atomic E-state index is 12.6. The van der Waals surface area contributed by atoms with Gasteiger partial charge in [-0.3, -0.25) is 9.59 Å². The van der Waals surface area contributed by atoms with Crippen molar-refractivity contribution in [2.24, 2.45) is 0 Å². The summed E-state index contributed by atoms with van der Waals surface area (Å²) < 4.78 is 15.8. The normalized spacial score (nSPS) is 10.1. The Hall–Kier alpha value is -3.22. The fourth-order valence-electron chi connectivity index (χ4n) is 2.45. The molecule has 0 unspecified atom stereocenters. The second-order valence-electron chi connectivity index (χ2n) is 6.03. The molecule has 0 fully saturated rings. The highest BCUT2D eigenvalue weighted by Crippen LogP contribution is 2.38. The minimum atomic E-state index is -0.314. The van der Waals surface area contributed by atoms with Crippen LogP contribution in [0.1, 0.15) is 15.9 Å². The molecule has 0 heterocycles. The Kier molecular flexibility index (Phi) is 6.65. The van der Waals surface area contributed by atoms with Gasteiger partial charge in [-0.15, -0.1) is 0 Å². The smallest absolute Gasteiger partial charge is 0.255 e. The third kappa shape index (κ3) is 4.91. The Labute approximate surface area is 158 Å². The van der Waals surface area contributed by atoms with Gasteiger partial charge in [0, 0.05) is 25.3 Å².